The van der Waals surface area contributed by atoms with Gasteiger partial charge in [-0.2, -0.15) is 5.26 Å². The monoisotopic (exact) mass is 294 g/mol. The fourth-order valence-electron chi connectivity index (χ4n) is 1.95. The Balaban J connectivity index is 2.03. The number of benzene rings is 2. The minimum Gasteiger partial charge on any atom is -0.494 e. The van der Waals surface area contributed by atoms with Crippen LogP contribution >= 0.6 is 0 Å². The summed E-state index contributed by atoms with van der Waals surface area (Å²) in [6.07, 6.45) is 1.29. The molecule has 0 saturated carbocycles. The number of amides is 1. The Bertz CT molecular complexity index is 672. The van der Waals surface area contributed by atoms with Crippen LogP contribution in [0.15, 0.2) is 48.5 Å². The highest BCUT2D eigenvalue weighted by atomic mass is 16.5. The van der Waals surface area contributed by atoms with Crippen LogP contribution in [0, 0.1) is 11.3 Å². The highest BCUT2D eigenvalue weighted by molar-refractivity contribution is 6.04. The minimum atomic E-state index is -0.185. The van der Waals surface area contributed by atoms with Gasteiger partial charge in [0.15, 0.2) is 0 Å². The second-order valence-electron chi connectivity index (χ2n) is 4.86. The summed E-state index contributed by atoms with van der Waals surface area (Å²) in [5.74, 6) is 0.508. The van der Waals surface area contributed by atoms with Crippen molar-refractivity contribution in [3.05, 3.63) is 59.7 Å². The summed E-state index contributed by atoms with van der Waals surface area (Å²) < 4.78 is 5.53. The molecule has 0 atom stereocenters. The van der Waals surface area contributed by atoms with E-state index in [1.165, 1.54) is 0 Å². The summed E-state index contributed by atoms with van der Waals surface area (Å²) in [5.41, 5.74) is 2.18. The van der Waals surface area contributed by atoms with Crippen molar-refractivity contribution in [2.45, 2.75) is 19.8 Å². The molecule has 0 radical (unpaired) electrons. The average Bonchev–Trinajstić information content (AvgIpc) is 2.55. The number of rotatable bonds is 6. The SMILES string of the molecule is CCCOc1cccc(C(=O)Nc2ccc(CC#N)cc2)c1. The molecular formula is C18H18N2O2. The van der Waals surface area contributed by atoms with Crippen LogP contribution in [-0.4, -0.2) is 12.5 Å². The zero-order valence-electron chi connectivity index (χ0n) is 12.5. The van der Waals surface area contributed by atoms with Gasteiger partial charge in [0.2, 0.25) is 0 Å². The molecule has 1 N–H and O–H groups in total. The molecule has 4 nitrogen and oxygen atoms in total. The number of carbonyl (C=O) groups excluding carboxylic acids is 1. The molecule has 0 saturated heterocycles. The molecule has 0 fully saturated rings. The Morgan fingerprint density at radius 1 is 1.23 bits per heavy atom. The second-order valence-corrected chi connectivity index (χ2v) is 4.86. The van der Waals surface area contributed by atoms with E-state index in [0.29, 0.717) is 30.0 Å². The molecule has 2 rings (SSSR count). The molecule has 0 aromatic heterocycles. The minimum absolute atomic E-state index is 0.185. The van der Waals surface area contributed by atoms with Gasteiger partial charge in [0.25, 0.3) is 5.91 Å². The lowest BCUT2D eigenvalue weighted by molar-refractivity contribution is 0.102. The van der Waals surface area contributed by atoms with Gasteiger partial charge in [-0.3, -0.25) is 4.79 Å². The lowest BCUT2D eigenvalue weighted by Gasteiger charge is -2.08. The van der Waals surface area contributed by atoms with E-state index < -0.39 is 0 Å². The quantitative estimate of drug-likeness (QED) is 0.881. The molecule has 0 aliphatic heterocycles. The van der Waals surface area contributed by atoms with Crippen LogP contribution in [0.5, 0.6) is 5.75 Å². The maximum Gasteiger partial charge on any atom is 0.255 e. The third-order valence-corrected chi connectivity index (χ3v) is 3.06. The summed E-state index contributed by atoms with van der Waals surface area (Å²) in [6, 6.07) is 16.5. The number of nitrogens with one attached hydrogen (secondary N) is 1. The molecule has 0 heterocycles. The molecule has 112 valence electrons. The number of nitrogens with zero attached hydrogens (tertiary/aromatic N) is 1. The van der Waals surface area contributed by atoms with E-state index in [1.807, 2.05) is 25.1 Å². The van der Waals surface area contributed by atoms with Gasteiger partial charge in [0.1, 0.15) is 5.75 Å². The molecule has 2 aromatic rings. The molecule has 0 bridgehead atoms. The van der Waals surface area contributed by atoms with Crippen molar-refractivity contribution in [2.24, 2.45) is 0 Å². The highest BCUT2D eigenvalue weighted by Gasteiger charge is 2.07. The third kappa shape index (κ3) is 4.35. The summed E-state index contributed by atoms with van der Waals surface area (Å²) in [7, 11) is 0. The topological polar surface area (TPSA) is 62.1 Å². The van der Waals surface area contributed by atoms with Gasteiger partial charge in [0.05, 0.1) is 19.1 Å². The van der Waals surface area contributed by atoms with E-state index in [-0.39, 0.29) is 5.91 Å². The molecule has 0 aliphatic rings. The first-order valence-corrected chi connectivity index (χ1v) is 7.23. The number of hydrogen-bond donors (Lipinski definition) is 1. The van der Waals surface area contributed by atoms with Crippen molar-refractivity contribution in [2.75, 3.05) is 11.9 Å². The molecule has 2 aromatic carbocycles. The second kappa shape index (κ2) is 7.84. The molecular weight excluding hydrogens is 276 g/mol. The van der Waals surface area contributed by atoms with Crippen molar-refractivity contribution in [1.29, 1.82) is 5.26 Å². The smallest absolute Gasteiger partial charge is 0.255 e. The highest BCUT2D eigenvalue weighted by Crippen LogP contribution is 2.16. The van der Waals surface area contributed by atoms with Crippen LogP contribution in [0.1, 0.15) is 29.3 Å². The maximum absolute atomic E-state index is 12.2. The molecule has 0 aliphatic carbocycles. The first-order valence-electron chi connectivity index (χ1n) is 7.23. The van der Waals surface area contributed by atoms with Crippen molar-refractivity contribution in [3.63, 3.8) is 0 Å². The van der Waals surface area contributed by atoms with Crippen LogP contribution in [0.3, 0.4) is 0 Å². The molecule has 4 heteroatoms. The van der Waals surface area contributed by atoms with Gasteiger partial charge < -0.3 is 10.1 Å². The van der Waals surface area contributed by atoms with E-state index in [0.717, 1.165) is 12.0 Å². The Hall–Kier alpha value is -2.80. The molecule has 22 heavy (non-hydrogen) atoms. The zero-order chi connectivity index (χ0) is 15.8. The number of hydrogen-bond acceptors (Lipinski definition) is 3. The predicted molar refractivity (Wildman–Crippen MR) is 85.9 cm³/mol. The molecule has 1 amide bonds. The van der Waals surface area contributed by atoms with Gasteiger partial charge in [-0.1, -0.05) is 25.1 Å². The maximum atomic E-state index is 12.2. The van der Waals surface area contributed by atoms with E-state index in [1.54, 1.807) is 30.3 Å². The van der Waals surface area contributed by atoms with Crippen LogP contribution in [-0.2, 0) is 6.42 Å². The molecule has 0 spiro atoms. The fourth-order valence-corrected chi connectivity index (χ4v) is 1.95. The van der Waals surface area contributed by atoms with Gasteiger partial charge in [-0.15, -0.1) is 0 Å². The standard InChI is InChI=1S/C18H18N2O2/c1-2-12-22-17-5-3-4-15(13-17)18(21)20-16-8-6-14(7-9-16)10-11-19/h3-9,13H,2,10,12H2,1H3,(H,20,21). The fraction of sp³-hybridized carbons (Fsp3) is 0.222. The summed E-state index contributed by atoms with van der Waals surface area (Å²) in [6.45, 7) is 2.66. The van der Waals surface area contributed by atoms with Crippen molar-refractivity contribution in [3.8, 4) is 11.8 Å². The molecule has 0 unspecified atom stereocenters. The van der Waals surface area contributed by atoms with Crippen molar-refractivity contribution in [1.82, 2.24) is 0 Å². The Morgan fingerprint density at radius 3 is 2.68 bits per heavy atom. The van der Waals surface area contributed by atoms with E-state index >= 15 is 0 Å². The lowest BCUT2D eigenvalue weighted by atomic mass is 10.1. The first-order chi connectivity index (χ1) is 10.7. The Kier molecular flexibility index (Phi) is 5.56. The van der Waals surface area contributed by atoms with Gasteiger partial charge in [-0.25, -0.2) is 0 Å². The van der Waals surface area contributed by atoms with Crippen LogP contribution in [0.4, 0.5) is 5.69 Å². The normalized spacial score (nSPS) is 9.82. The Morgan fingerprint density at radius 2 is 2.00 bits per heavy atom. The lowest BCUT2D eigenvalue weighted by Crippen LogP contribution is -2.12. The van der Waals surface area contributed by atoms with Gasteiger partial charge >= 0.3 is 0 Å². The number of carbonyl (C=O) groups is 1. The largest absolute Gasteiger partial charge is 0.494 e. The van der Waals surface area contributed by atoms with Crippen molar-refractivity contribution < 1.29 is 9.53 Å². The predicted octanol–water partition coefficient (Wildman–Crippen LogP) is 3.79. The Labute approximate surface area is 130 Å². The average molecular weight is 294 g/mol. The third-order valence-electron chi connectivity index (χ3n) is 3.06. The zero-order valence-corrected chi connectivity index (χ0v) is 12.5. The number of nitriles is 1. The van der Waals surface area contributed by atoms with E-state index in [4.69, 9.17) is 10.00 Å². The summed E-state index contributed by atoms with van der Waals surface area (Å²) >= 11 is 0. The van der Waals surface area contributed by atoms with Crippen LogP contribution in [0.2, 0.25) is 0 Å². The van der Waals surface area contributed by atoms with Crippen LogP contribution < -0.4 is 10.1 Å². The first kappa shape index (κ1) is 15.6. The number of anilines is 1. The van der Waals surface area contributed by atoms with Crippen LogP contribution in [0.25, 0.3) is 0 Å². The van der Waals surface area contributed by atoms with Gasteiger partial charge in [0, 0.05) is 11.3 Å². The van der Waals surface area contributed by atoms with E-state index in [2.05, 4.69) is 11.4 Å². The van der Waals surface area contributed by atoms with E-state index in [9.17, 15) is 4.79 Å². The van der Waals surface area contributed by atoms with Crippen molar-refractivity contribution >= 4 is 11.6 Å². The number of ether oxygens (including phenoxy) is 1. The summed E-state index contributed by atoms with van der Waals surface area (Å²) in [5, 5.41) is 11.5. The summed E-state index contributed by atoms with van der Waals surface area (Å²) in [4.78, 5) is 12.2. The van der Waals surface area contributed by atoms with Gasteiger partial charge in [-0.05, 0) is 42.3 Å².